The molecule has 20 heavy (non-hydrogen) atoms. The third kappa shape index (κ3) is 2.98. The van der Waals surface area contributed by atoms with Gasteiger partial charge in [0.2, 0.25) is 5.91 Å². The predicted molar refractivity (Wildman–Crippen MR) is 81.1 cm³/mol. The largest absolute Gasteiger partial charge is 0.491 e. The molecular weight excluding hydrogens is 254 g/mol. The number of nitrogen functional groups attached to an aromatic ring is 1. The van der Waals surface area contributed by atoms with Gasteiger partial charge in [0.25, 0.3) is 0 Å². The number of carbonyl (C=O) groups excluding carboxylic acids is 1. The molecule has 0 aliphatic carbocycles. The average Bonchev–Trinajstić information content (AvgIpc) is 2.95. The van der Waals surface area contributed by atoms with Crippen LogP contribution in [0.25, 0.3) is 0 Å². The highest BCUT2D eigenvalue weighted by atomic mass is 16.5. The van der Waals surface area contributed by atoms with Gasteiger partial charge >= 0.3 is 0 Å². The maximum Gasteiger partial charge on any atom is 0.242 e. The van der Waals surface area contributed by atoms with Crippen molar-refractivity contribution in [1.29, 1.82) is 0 Å². The number of nitrogens with two attached hydrogens (primary N) is 1. The number of nitrogens with zero attached hydrogens (tertiary/aromatic N) is 1. The molecule has 1 atom stereocenters. The molecule has 5 heteroatoms. The molecule has 0 bridgehead atoms. The zero-order valence-corrected chi connectivity index (χ0v) is 12.2. The van der Waals surface area contributed by atoms with Gasteiger partial charge in [-0.3, -0.25) is 4.79 Å². The predicted octanol–water partition coefficient (Wildman–Crippen LogP) is 1.77. The molecular formula is C15H23N3O2. The van der Waals surface area contributed by atoms with E-state index in [9.17, 15) is 4.79 Å². The first-order valence-electron chi connectivity index (χ1n) is 7.18. The molecule has 3 N–H and O–H groups in total. The van der Waals surface area contributed by atoms with Gasteiger partial charge in [-0.1, -0.05) is 6.92 Å². The Balaban J connectivity index is 2.21. The number of rotatable bonds is 5. The summed E-state index contributed by atoms with van der Waals surface area (Å²) in [7, 11) is 1.68. The summed E-state index contributed by atoms with van der Waals surface area (Å²) in [4.78, 5) is 14.0. The average molecular weight is 277 g/mol. The number of benzene rings is 1. The Bertz CT molecular complexity index is 476. The fourth-order valence-electron chi connectivity index (χ4n) is 2.55. The van der Waals surface area contributed by atoms with E-state index in [4.69, 9.17) is 10.5 Å². The van der Waals surface area contributed by atoms with Crippen LogP contribution in [-0.2, 0) is 4.79 Å². The van der Waals surface area contributed by atoms with Gasteiger partial charge in [-0.15, -0.1) is 0 Å². The Morgan fingerprint density at radius 3 is 3.05 bits per heavy atom. The van der Waals surface area contributed by atoms with Crippen LogP contribution in [0.1, 0.15) is 26.2 Å². The summed E-state index contributed by atoms with van der Waals surface area (Å²) in [5, 5.41) is 2.73. The monoisotopic (exact) mass is 277 g/mol. The molecule has 1 aliphatic rings. The minimum Gasteiger partial charge on any atom is -0.491 e. The zero-order chi connectivity index (χ0) is 14.5. The van der Waals surface area contributed by atoms with Gasteiger partial charge in [-0.05, 0) is 31.4 Å². The number of ether oxygens (including phenoxy) is 1. The Morgan fingerprint density at radius 1 is 1.55 bits per heavy atom. The van der Waals surface area contributed by atoms with Gasteiger partial charge in [-0.2, -0.15) is 0 Å². The van der Waals surface area contributed by atoms with Crippen LogP contribution in [0.4, 0.5) is 11.4 Å². The van der Waals surface area contributed by atoms with E-state index in [1.807, 2.05) is 18.2 Å². The van der Waals surface area contributed by atoms with E-state index in [1.165, 1.54) is 0 Å². The highest BCUT2D eigenvalue weighted by Crippen LogP contribution is 2.32. The van der Waals surface area contributed by atoms with Crippen molar-refractivity contribution in [1.82, 2.24) is 5.32 Å². The first kappa shape index (κ1) is 14.5. The minimum absolute atomic E-state index is 0.0651. The second-order valence-electron chi connectivity index (χ2n) is 5.04. The van der Waals surface area contributed by atoms with E-state index < -0.39 is 0 Å². The third-order valence-electron chi connectivity index (χ3n) is 3.59. The second-order valence-corrected chi connectivity index (χ2v) is 5.04. The summed E-state index contributed by atoms with van der Waals surface area (Å²) < 4.78 is 5.66. The number of amides is 1. The van der Waals surface area contributed by atoms with Crippen molar-refractivity contribution in [2.75, 3.05) is 30.8 Å². The molecule has 0 saturated carbocycles. The SMILES string of the molecule is CCCOc1cc(N2CCCC2C(=O)NC)ccc1N. The zero-order valence-electron chi connectivity index (χ0n) is 12.2. The first-order valence-corrected chi connectivity index (χ1v) is 7.18. The molecule has 1 unspecified atom stereocenters. The fraction of sp³-hybridized carbons (Fsp3) is 0.533. The van der Waals surface area contributed by atoms with Gasteiger partial charge in [-0.25, -0.2) is 0 Å². The maximum absolute atomic E-state index is 11.9. The molecule has 1 heterocycles. The molecule has 0 radical (unpaired) electrons. The van der Waals surface area contributed by atoms with E-state index in [0.717, 1.165) is 31.5 Å². The quantitative estimate of drug-likeness (QED) is 0.805. The number of nitrogens with one attached hydrogen (secondary N) is 1. The van der Waals surface area contributed by atoms with E-state index in [2.05, 4.69) is 17.1 Å². The topological polar surface area (TPSA) is 67.6 Å². The summed E-state index contributed by atoms with van der Waals surface area (Å²) in [6.07, 6.45) is 2.84. The lowest BCUT2D eigenvalue weighted by Gasteiger charge is -2.26. The summed E-state index contributed by atoms with van der Waals surface area (Å²) in [5.41, 5.74) is 7.56. The third-order valence-corrected chi connectivity index (χ3v) is 3.59. The maximum atomic E-state index is 11.9. The van der Waals surface area contributed by atoms with E-state index >= 15 is 0 Å². The van der Waals surface area contributed by atoms with Crippen LogP contribution < -0.4 is 20.7 Å². The van der Waals surface area contributed by atoms with Crippen LogP contribution in [-0.4, -0.2) is 32.1 Å². The van der Waals surface area contributed by atoms with Gasteiger partial charge in [0.05, 0.1) is 12.3 Å². The molecule has 1 fully saturated rings. The molecule has 1 aromatic rings. The normalized spacial score (nSPS) is 18.1. The minimum atomic E-state index is -0.0948. The Kier molecular flexibility index (Phi) is 4.71. The first-order chi connectivity index (χ1) is 9.67. The van der Waals surface area contributed by atoms with Crippen LogP contribution in [0, 0.1) is 0 Å². The van der Waals surface area contributed by atoms with Crippen molar-refractivity contribution in [3.05, 3.63) is 18.2 Å². The molecule has 1 aliphatic heterocycles. The molecule has 1 amide bonds. The van der Waals surface area contributed by atoms with Gasteiger partial charge < -0.3 is 20.7 Å². The van der Waals surface area contributed by atoms with Crippen LogP contribution in [0.3, 0.4) is 0 Å². The Morgan fingerprint density at radius 2 is 2.35 bits per heavy atom. The highest BCUT2D eigenvalue weighted by Gasteiger charge is 2.30. The molecule has 110 valence electrons. The number of anilines is 2. The number of hydrogen-bond donors (Lipinski definition) is 2. The van der Waals surface area contributed by atoms with Crippen LogP contribution >= 0.6 is 0 Å². The molecule has 1 saturated heterocycles. The van der Waals surface area contributed by atoms with Crippen molar-refractivity contribution in [3.8, 4) is 5.75 Å². The Labute approximate surface area is 120 Å². The second kappa shape index (κ2) is 6.50. The molecule has 1 aromatic carbocycles. The van der Waals surface area contributed by atoms with Gasteiger partial charge in [0.15, 0.2) is 0 Å². The van der Waals surface area contributed by atoms with Crippen LogP contribution in [0.5, 0.6) is 5.75 Å². The smallest absolute Gasteiger partial charge is 0.242 e. The van der Waals surface area contributed by atoms with Crippen LogP contribution in [0.15, 0.2) is 18.2 Å². The van der Waals surface area contributed by atoms with Crippen molar-refractivity contribution in [3.63, 3.8) is 0 Å². The molecule has 0 aromatic heterocycles. The number of hydrogen-bond acceptors (Lipinski definition) is 4. The summed E-state index contributed by atoms with van der Waals surface area (Å²) in [6.45, 7) is 3.59. The van der Waals surface area contributed by atoms with E-state index in [1.54, 1.807) is 7.05 Å². The Hall–Kier alpha value is -1.91. The standard InChI is InChI=1S/C15H23N3O2/c1-3-9-20-14-10-11(6-7-12(14)16)18-8-4-5-13(18)15(19)17-2/h6-7,10,13H,3-5,8-9,16H2,1-2H3,(H,17,19). The molecule has 0 spiro atoms. The molecule has 2 rings (SSSR count). The van der Waals surface area contributed by atoms with Crippen LogP contribution in [0.2, 0.25) is 0 Å². The van der Waals surface area contributed by atoms with Gasteiger partial charge in [0.1, 0.15) is 11.8 Å². The van der Waals surface area contributed by atoms with Crippen molar-refractivity contribution >= 4 is 17.3 Å². The van der Waals surface area contributed by atoms with Crippen molar-refractivity contribution < 1.29 is 9.53 Å². The lowest BCUT2D eigenvalue weighted by molar-refractivity contribution is -0.121. The molecule has 5 nitrogen and oxygen atoms in total. The van der Waals surface area contributed by atoms with Gasteiger partial charge in [0, 0.05) is 25.3 Å². The lowest BCUT2D eigenvalue weighted by atomic mass is 10.2. The number of likely N-dealkylation sites (N-methyl/N-ethyl adjacent to an activating group) is 1. The van der Waals surface area contributed by atoms with E-state index in [-0.39, 0.29) is 11.9 Å². The van der Waals surface area contributed by atoms with E-state index in [0.29, 0.717) is 18.0 Å². The fourth-order valence-corrected chi connectivity index (χ4v) is 2.55. The summed E-state index contributed by atoms with van der Waals surface area (Å²) in [6, 6.07) is 5.64. The summed E-state index contributed by atoms with van der Waals surface area (Å²) in [5.74, 6) is 0.766. The number of carbonyl (C=O) groups is 1. The lowest BCUT2D eigenvalue weighted by Crippen LogP contribution is -2.42. The highest BCUT2D eigenvalue weighted by molar-refractivity contribution is 5.86. The van der Waals surface area contributed by atoms with Crippen molar-refractivity contribution in [2.24, 2.45) is 0 Å². The van der Waals surface area contributed by atoms with Crippen molar-refractivity contribution in [2.45, 2.75) is 32.2 Å². The summed E-state index contributed by atoms with van der Waals surface area (Å²) >= 11 is 0.